The van der Waals surface area contributed by atoms with Gasteiger partial charge in [0.15, 0.2) is 0 Å². The largest absolute Gasteiger partial charge is 0.517 e. The molecule has 0 spiro atoms. The first-order valence-electron chi connectivity index (χ1n) is 19.4. The SMILES string of the molecule is CCCCCCCCCCCCOc1ccc(S(OC(=O)O)(c2ccccc2)c2ccc(OCCCCCCCCCCCC)cc2)cc1. The first kappa shape index (κ1) is 40.3. The molecule has 0 amide bonds. The molecule has 0 radical (unpaired) electrons. The molecule has 3 aromatic carbocycles. The predicted octanol–water partition coefficient (Wildman–Crippen LogP) is 14.2. The Morgan fingerprint density at radius 1 is 0.469 bits per heavy atom. The van der Waals surface area contributed by atoms with Crippen LogP contribution >= 0.6 is 10.3 Å². The molecule has 0 saturated carbocycles. The van der Waals surface area contributed by atoms with Gasteiger partial charge < -0.3 is 18.8 Å². The molecule has 0 unspecified atom stereocenters. The Hall–Kier alpha value is -3.12. The number of unbranched alkanes of at least 4 members (excludes halogenated alkanes) is 18. The molecule has 1 N–H and O–H groups in total. The summed E-state index contributed by atoms with van der Waals surface area (Å²) in [6.45, 7) is 5.88. The smallest absolute Gasteiger partial charge is 0.494 e. The van der Waals surface area contributed by atoms with E-state index < -0.39 is 16.5 Å². The van der Waals surface area contributed by atoms with Crippen molar-refractivity contribution < 1.29 is 23.6 Å². The number of hydrogen-bond donors (Lipinski definition) is 1. The van der Waals surface area contributed by atoms with E-state index in [1.165, 1.54) is 116 Å². The van der Waals surface area contributed by atoms with Crippen molar-refractivity contribution in [3.8, 4) is 11.5 Å². The Morgan fingerprint density at radius 2 is 0.796 bits per heavy atom. The minimum absolute atomic E-state index is 0.679. The Balaban J connectivity index is 1.56. The van der Waals surface area contributed by atoms with Gasteiger partial charge in [-0.1, -0.05) is 148 Å². The van der Waals surface area contributed by atoms with E-state index in [0.29, 0.717) is 13.2 Å². The molecule has 0 bridgehead atoms. The van der Waals surface area contributed by atoms with Gasteiger partial charge >= 0.3 is 6.16 Å². The van der Waals surface area contributed by atoms with Crippen LogP contribution in [0.1, 0.15) is 142 Å². The summed E-state index contributed by atoms with van der Waals surface area (Å²) >= 11 is 0. The highest BCUT2D eigenvalue weighted by Crippen LogP contribution is 2.69. The van der Waals surface area contributed by atoms with Gasteiger partial charge in [0.25, 0.3) is 0 Å². The third-order valence-corrected chi connectivity index (χ3v) is 12.3. The van der Waals surface area contributed by atoms with E-state index in [1.807, 2.05) is 78.9 Å². The Kier molecular flexibility index (Phi) is 20.5. The third kappa shape index (κ3) is 15.1. The molecule has 0 aliphatic rings. The Labute approximate surface area is 299 Å². The summed E-state index contributed by atoms with van der Waals surface area (Å²) in [5, 5.41) is 10.0. The quantitative estimate of drug-likeness (QED) is 0.0767. The highest BCUT2D eigenvalue weighted by Gasteiger charge is 2.36. The molecule has 0 saturated heterocycles. The number of carbonyl (C=O) groups is 1. The molecule has 0 atom stereocenters. The second-order valence-electron chi connectivity index (χ2n) is 13.2. The van der Waals surface area contributed by atoms with Crippen molar-refractivity contribution in [3.63, 3.8) is 0 Å². The van der Waals surface area contributed by atoms with Crippen molar-refractivity contribution >= 4 is 16.5 Å². The van der Waals surface area contributed by atoms with Gasteiger partial charge in [0.05, 0.1) is 13.2 Å². The topological polar surface area (TPSA) is 65.0 Å². The molecular formula is C43H64O5S. The molecule has 272 valence electrons. The van der Waals surface area contributed by atoms with Crippen molar-refractivity contribution in [2.75, 3.05) is 13.2 Å². The average molecular weight is 693 g/mol. The molecule has 0 fully saturated rings. The standard InChI is InChI=1S/C43H64O5S/c1-3-5-7-9-11-13-15-17-19-24-36-46-38-28-32-41(33-29-38)49(48-43(44)45,40-26-22-21-23-27-40)42-34-30-39(31-35-42)47-37-25-20-18-16-14-12-10-8-6-4-2/h21-23,26-35H,3-20,24-25,36-37H2,1-2H3,(H,44,45). The summed E-state index contributed by atoms with van der Waals surface area (Å²) in [4.78, 5) is 14.7. The van der Waals surface area contributed by atoms with E-state index in [-0.39, 0.29) is 0 Å². The summed E-state index contributed by atoms with van der Waals surface area (Å²) in [6.07, 6.45) is 24.5. The van der Waals surface area contributed by atoms with Crippen molar-refractivity contribution in [1.82, 2.24) is 0 Å². The van der Waals surface area contributed by atoms with Gasteiger partial charge in [-0.15, -0.1) is 0 Å². The van der Waals surface area contributed by atoms with Crippen LogP contribution in [0, 0.1) is 0 Å². The molecule has 6 heteroatoms. The van der Waals surface area contributed by atoms with Gasteiger partial charge in [0, 0.05) is 14.7 Å². The lowest BCUT2D eigenvalue weighted by atomic mass is 10.1. The van der Waals surface area contributed by atoms with E-state index in [0.717, 1.165) is 39.0 Å². The van der Waals surface area contributed by atoms with Crippen LogP contribution in [0.4, 0.5) is 4.79 Å². The summed E-state index contributed by atoms with van der Waals surface area (Å²) in [5.41, 5.74) is 0. The van der Waals surface area contributed by atoms with Crippen molar-refractivity contribution in [2.45, 2.75) is 157 Å². The van der Waals surface area contributed by atoms with E-state index in [1.54, 1.807) is 0 Å². The van der Waals surface area contributed by atoms with Gasteiger partial charge in [-0.2, -0.15) is 0 Å². The van der Waals surface area contributed by atoms with Crippen molar-refractivity contribution in [3.05, 3.63) is 78.9 Å². The van der Waals surface area contributed by atoms with Crippen molar-refractivity contribution in [1.29, 1.82) is 0 Å². The van der Waals surface area contributed by atoms with E-state index >= 15 is 0 Å². The average Bonchev–Trinajstić information content (AvgIpc) is 3.13. The predicted molar refractivity (Wildman–Crippen MR) is 206 cm³/mol. The lowest BCUT2D eigenvalue weighted by Crippen LogP contribution is -2.12. The summed E-state index contributed by atoms with van der Waals surface area (Å²) in [6, 6.07) is 25.2. The van der Waals surface area contributed by atoms with E-state index in [4.69, 9.17) is 13.7 Å². The summed E-state index contributed by atoms with van der Waals surface area (Å²) in [5.74, 6) is 1.57. The first-order valence-corrected chi connectivity index (χ1v) is 20.9. The zero-order valence-corrected chi connectivity index (χ0v) is 31.4. The molecule has 49 heavy (non-hydrogen) atoms. The van der Waals surface area contributed by atoms with Gasteiger partial charge in [-0.05, 0) is 83.8 Å². The number of hydrogen-bond acceptors (Lipinski definition) is 4. The molecule has 3 aromatic rings. The highest BCUT2D eigenvalue weighted by atomic mass is 32.3. The molecule has 0 heterocycles. The maximum Gasteiger partial charge on any atom is 0.517 e. The minimum atomic E-state index is -2.57. The lowest BCUT2D eigenvalue weighted by Gasteiger charge is -2.38. The zero-order valence-electron chi connectivity index (χ0n) is 30.6. The van der Waals surface area contributed by atoms with E-state index in [2.05, 4.69) is 13.8 Å². The van der Waals surface area contributed by atoms with Crippen LogP contribution in [0.2, 0.25) is 0 Å². The zero-order chi connectivity index (χ0) is 34.8. The van der Waals surface area contributed by atoms with Crippen LogP contribution in [-0.4, -0.2) is 24.5 Å². The van der Waals surface area contributed by atoms with Crippen LogP contribution in [-0.2, 0) is 4.18 Å². The van der Waals surface area contributed by atoms with Crippen LogP contribution in [0.25, 0.3) is 0 Å². The van der Waals surface area contributed by atoms with Crippen LogP contribution in [0.15, 0.2) is 93.5 Å². The van der Waals surface area contributed by atoms with Gasteiger partial charge in [0.2, 0.25) is 0 Å². The second-order valence-corrected chi connectivity index (χ2v) is 15.9. The lowest BCUT2D eigenvalue weighted by molar-refractivity contribution is 0.150. The van der Waals surface area contributed by atoms with Crippen molar-refractivity contribution in [2.24, 2.45) is 0 Å². The van der Waals surface area contributed by atoms with Crippen LogP contribution in [0.5, 0.6) is 11.5 Å². The van der Waals surface area contributed by atoms with Gasteiger partial charge in [-0.25, -0.2) is 4.79 Å². The molecule has 3 rings (SSSR count). The summed E-state index contributed by atoms with van der Waals surface area (Å²) < 4.78 is 18.1. The number of ether oxygens (including phenoxy) is 2. The Morgan fingerprint density at radius 3 is 1.14 bits per heavy atom. The fourth-order valence-corrected chi connectivity index (χ4v) is 9.18. The minimum Gasteiger partial charge on any atom is -0.494 e. The maximum absolute atomic E-state index is 12.3. The van der Waals surface area contributed by atoms with Gasteiger partial charge in [-0.3, -0.25) is 0 Å². The molecular weight excluding hydrogens is 629 g/mol. The number of carboxylic acid groups (broad SMARTS) is 1. The van der Waals surface area contributed by atoms with Crippen LogP contribution in [0.3, 0.4) is 0 Å². The summed E-state index contributed by atoms with van der Waals surface area (Å²) in [7, 11) is -2.57. The fraction of sp³-hybridized carbons (Fsp3) is 0.558. The normalized spacial score (nSPS) is 11.7. The van der Waals surface area contributed by atoms with Crippen LogP contribution < -0.4 is 9.47 Å². The molecule has 0 aromatic heterocycles. The number of rotatable bonds is 28. The molecule has 0 aliphatic carbocycles. The maximum atomic E-state index is 12.3. The second kappa shape index (κ2) is 24.9. The van der Waals surface area contributed by atoms with Gasteiger partial charge in [0.1, 0.15) is 11.5 Å². The molecule has 0 aliphatic heterocycles. The highest BCUT2D eigenvalue weighted by molar-refractivity contribution is 8.30. The third-order valence-electron chi connectivity index (χ3n) is 9.12. The monoisotopic (exact) mass is 692 g/mol. The number of benzene rings is 3. The fourth-order valence-electron chi connectivity index (χ4n) is 6.29. The van der Waals surface area contributed by atoms with E-state index in [9.17, 15) is 9.90 Å². The first-order chi connectivity index (χ1) is 24.1. The molecule has 5 nitrogen and oxygen atoms in total. The Bertz CT molecular complexity index is 1180.